The predicted molar refractivity (Wildman–Crippen MR) is 108 cm³/mol. The van der Waals surface area contributed by atoms with Crippen LogP contribution in [-0.4, -0.2) is 29.8 Å². The predicted octanol–water partition coefficient (Wildman–Crippen LogP) is 5.30. The average molecular weight is 404 g/mol. The Bertz CT molecular complexity index is 731. The third kappa shape index (κ3) is 5.56. The summed E-state index contributed by atoms with van der Waals surface area (Å²) in [6, 6.07) is 10.2. The van der Waals surface area contributed by atoms with Crippen LogP contribution >= 0.6 is 15.9 Å². The van der Waals surface area contributed by atoms with Crippen LogP contribution in [0.15, 0.2) is 39.8 Å². The summed E-state index contributed by atoms with van der Waals surface area (Å²) in [5.74, 6) is 0.620. The van der Waals surface area contributed by atoms with E-state index < -0.39 is 0 Å². The highest BCUT2D eigenvalue weighted by Crippen LogP contribution is 2.31. The van der Waals surface area contributed by atoms with E-state index in [2.05, 4.69) is 53.8 Å². The van der Waals surface area contributed by atoms with Gasteiger partial charge < -0.3 is 9.64 Å². The molecule has 0 atom stereocenters. The smallest absolute Gasteiger partial charge is 0.228 e. The van der Waals surface area contributed by atoms with E-state index in [0.717, 1.165) is 35.2 Å². The molecule has 0 aliphatic rings. The van der Waals surface area contributed by atoms with Crippen LogP contribution in [-0.2, 0) is 13.0 Å². The van der Waals surface area contributed by atoms with Gasteiger partial charge in [0.15, 0.2) is 0 Å². The Balaban J connectivity index is 2.23. The van der Waals surface area contributed by atoms with Gasteiger partial charge in [0.25, 0.3) is 0 Å². The summed E-state index contributed by atoms with van der Waals surface area (Å²) in [5.41, 5.74) is 4.24. The first kappa shape index (κ1) is 19.4. The number of aromatic nitrogens is 1. The van der Waals surface area contributed by atoms with E-state index in [-0.39, 0.29) is 0 Å². The molecule has 1 aromatic heterocycles. The number of nitrogens with zero attached hydrogens (tertiary/aromatic N) is 3. The summed E-state index contributed by atoms with van der Waals surface area (Å²) in [6.07, 6.45) is 3.73. The standard InChI is InChI=1S/C20H26BrN3O/c1-5-9-18-19(22-14-24(4)6-2)12-17(21)20(23-18)25-13-16-11-8-7-10-15(16)3/h7-8,10-12,14H,5-6,9,13H2,1-4H3/b22-14+. The molecule has 0 saturated heterocycles. The van der Waals surface area contributed by atoms with E-state index in [4.69, 9.17) is 9.72 Å². The quantitative estimate of drug-likeness (QED) is 0.443. The van der Waals surface area contributed by atoms with Gasteiger partial charge in [0.05, 0.1) is 22.2 Å². The molecule has 0 unspecified atom stereocenters. The number of benzene rings is 1. The van der Waals surface area contributed by atoms with Gasteiger partial charge >= 0.3 is 0 Å². The lowest BCUT2D eigenvalue weighted by Crippen LogP contribution is -2.14. The Kier molecular flexibility index (Phi) is 7.44. The molecule has 2 rings (SSSR count). The fourth-order valence-electron chi connectivity index (χ4n) is 2.29. The summed E-state index contributed by atoms with van der Waals surface area (Å²) in [5, 5.41) is 0. The van der Waals surface area contributed by atoms with Crippen molar-refractivity contribution >= 4 is 28.0 Å². The van der Waals surface area contributed by atoms with Crippen molar-refractivity contribution in [3.8, 4) is 5.88 Å². The van der Waals surface area contributed by atoms with Gasteiger partial charge in [-0.25, -0.2) is 9.98 Å². The molecule has 4 nitrogen and oxygen atoms in total. The zero-order chi connectivity index (χ0) is 18.2. The number of hydrogen-bond donors (Lipinski definition) is 0. The maximum absolute atomic E-state index is 5.97. The first-order valence-electron chi connectivity index (χ1n) is 8.66. The average Bonchev–Trinajstić information content (AvgIpc) is 2.61. The number of aryl methyl sites for hydroxylation is 2. The summed E-state index contributed by atoms with van der Waals surface area (Å²) < 4.78 is 6.80. The second-order valence-corrected chi connectivity index (χ2v) is 6.88. The van der Waals surface area contributed by atoms with E-state index in [1.807, 2.05) is 36.5 Å². The minimum absolute atomic E-state index is 0.505. The van der Waals surface area contributed by atoms with Gasteiger partial charge in [0, 0.05) is 13.6 Å². The summed E-state index contributed by atoms with van der Waals surface area (Å²) >= 11 is 3.57. The maximum Gasteiger partial charge on any atom is 0.228 e. The van der Waals surface area contributed by atoms with Crippen molar-refractivity contribution in [3.63, 3.8) is 0 Å². The van der Waals surface area contributed by atoms with E-state index >= 15 is 0 Å². The van der Waals surface area contributed by atoms with Crippen LogP contribution in [0.4, 0.5) is 5.69 Å². The lowest BCUT2D eigenvalue weighted by atomic mass is 10.1. The second kappa shape index (κ2) is 9.56. The number of ether oxygens (including phenoxy) is 1. The Labute approximate surface area is 159 Å². The number of pyridine rings is 1. The normalized spacial score (nSPS) is 11.1. The van der Waals surface area contributed by atoms with Gasteiger partial charge in [0.1, 0.15) is 6.61 Å². The Hall–Kier alpha value is -1.88. The zero-order valence-electron chi connectivity index (χ0n) is 15.4. The molecule has 0 N–H and O–H groups in total. The van der Waals surface area contributed by atoms with Crippen molar-refractivity contribution < 1.29 is 4.74 Å². The highest BCUT2D eigenvalue weighted by atomic mass is 79.9. The molecular weight excluding hydrogens is 378 g/mol. The Morgan fingerprint density at radius 2 is 2.04 bits per heavy atom. The molecule has 2 aromatic rings. The van der Waals surface area contributed by atoms with Gasteiger partial charge in [-0.15, -0.1) is 0 Å². The van der Waals surface area contributed by atoms with Crippen molar-refractivity contribution in [3.05, 3.63) is 51.6 Å². The van der Waals surface area contributed by atoms with Crippen LogP contribution in [0.3, 0.4) is 0 Å². The molecule has 0 saturated carbocycles. The number of hydrogen-bond acceptors (Lipinski definition) is 3. The Morgan fingerprint density at radius 1 is 1.28 bits per heavy atom. The first-order chi connectivity index (χ1) is 12.0. The largest absolute Gasteiger partial charge is 0.472 e. The van der Waals surface area contributed by atoms with E-state index in [1.54, 1.807) is 0 Å². The van der Waals surface area contributed by atoms with Crippen molar-refractivity contribution in [1.29, 1.82) is 0 Å². The van der Waals surface area contributed by atoms with Gasteiger partial charge in [-0.3, -0.25) is 0 Å². The molecule has 1 heterocycles. The lowest BCUT2D eigenvalue weighted by Gasteiger charge is -2.13. The third-order valence-corrected chi connectivity index (χ3v) is 4.57. The van der Waals surface area contributed by atoms with Crippen molar-refractivity contribution in [1.82, 2.24) is 9.88 Å². The topological polar surface area (TPSA) is 37.7 Å². The molecule has 25 heavy (non-hydrogen) atoms. The SMILES string of the molecule is CCCc1nc(OCc2ccccc2C)c(Br)cc1/N=C/N(C)CC. The summed E-state index contributed by atoms with van der Waals surface area (Å²) in [6.45, 7) is 7.74. The molecule has 5 heteroatoms. The molecule has 0 bridgehead atoms. The first-order valence-corrected chi connectivity index (χ1v) is 9.45. The second-order valence-electron chi connectivity index (χ2n) is 6.02. The minimum Gasteiger partial charge on any atom is -0.472 e. The molecule has 0 aliphatic carbocycles. The van der Waals surface area contributed by atoms with Gasteiger partial charge in [0.2, 0.25) is 5.88 Å². The molecule has 0 radical (unpaired) electrons. The number of aliphatic imine (C=N–C) groups is 1. The van der Waals surface area contributed by atoms with Crippen LogP contribution in [0.25, 0.3) is 0 Å². The van der Waals surface area contributed by atoms with Crippen LogP contribution < -0.4 is 4.74 Å². The third-order valence-electron chi connectivity index (χ3n) is 4.01. The Morgan fingerprint density at radius 3 is 2.72 bits per heavy atom. The minimum atomic E-state index is 0.505. The maximum atomic E-state index is 5.97. The number of rotatable bonds is 8. The monoisotopic (exact) mass is 403 g/mol. The van der Waals surface area contributed by atoms with Gasteiger partial charge in [-0.2, -0.15) is 0 Å². The molecule has 0 aliphatic heterocycles. The lowest BCUT2D eigenvalue weighted by molar-refractivity contribution is 0.290. The highest BCUT2D eigenvalue weighted by Gasteiger charge is 2.11. The number of halogens is 1. The summed E-state index contributed by atoms with van der Waals surface area (Å²) in [4.78, 5) is 11.3. The van der Waals surface area contributed by atoms with Crippen LogP contribution in [0, 0.1) is 6.92 Å². The van der Waals surface area contributed by atoms with Gasteiger partial charge in [-0.1, -0.05) is 37.6 Å². The molecule has 0 spiro atoms. The van der Waals surface area contributed by atoms with Crippen LogP contribution in [0.5, 0.6) is 5.88 Å². The van der Waals surface area contributed by atoms with Crippen LogP contribution in [0.2, 0.25) is 0 Å². The van der Waals surface area contributed by atoms with Gasteiger partial charge in [-0.05, 0) is 53.4 Å². The van der Waals surface area contributed by atoms with Crippen molar-refractivity contribution in [2.24, 2.45) is 4.99 Å². The van der Waals surface area contributed by atoms with E-state index in [9.17, 15) is 0 Å². The van der Waals surface area contributed by atoms with E-state index in [1.165, 1.54) is 11.1 Å². The molecular formula is C20H26BrN3O. The molecule has 0 fully saturated rings. The van der Waals surface area contributed by atoms with Crippen molar-refractivity contribution in [2.45, 2.75) is 40.2 Å². The highest BCUT2D eigenvalue weighted by molar-refractivity contribution is 9.10. The summed E-state index contributed by atoms with van der Waals surface area (Å²) in [7, 11) is 2.01. The zero-order valence-corrected chi connectivity index (χ0v) is 17.0. The molecule has 0 amide bonds. The van der Waals surface area contributed by atoms with Crippen LogP contribution in [0.1, 0.15) is 37.1 Å². The molecule has 1 aromatic carbocycles. The fraction of sp³-hybridized carbons (Fsp3) is 0.400. The molecule has 134 valence electrons. The van der Waals surface area contributed by atoms with Crippen molar-refractivity contribution in [2.75, 3.05) is 13.6 Å². The fourth-order valence-corrected chi connectivity index (χ4v) is 2.71. The van der Waals surface area contributed by atoms with E-state index in [0.29, 0.717) is 12.5 Å².